The maximum atomic E-state index is 12.3. The zero-order valence-corrected chi connectivity index (χ0v) is 13.8. The molecule has 2 heterocycles. The minimum atomic E-state index is -0.247. The van der Waals surface area contributed by atoms with Gasteiger partial charge in [0.15, 0.2) is 0 Å². The molecule has 1 aromatic carbocycles. The Morgan fingerprint density at radius 1 is 1.43 bits per heavy atom. The van der Waals surface area contributed by atoms with Crippen molar-refractivity contribution in [1.82, 2.24) is 20.0 Å². The Bertz CT molecular complexity index is 626. The second-order valence-electron chi connectivity index (χ2n) is 5.40. The Labute approximate surface area is 141 Å². The van der Waals surface area contributed by atoms with Crippen molar-refractivity contribution in [2.24, 2.45) is 0 Å². The molecule has 1 saturated heterocycles. The van der Waals surface area contributed by atoms with Gasteiger partial charge < -0.3 is 15.0 Å². The van der Waals surface area contributed by atoms with Crippen molar-refractivity contribution in [3.8, 4) is 5.69 Å². The number of carbonyl (C=O) groups is 1. The minimum absolute atomic E-state index is 0. The molecule has 1 N–H and O–H groups in total. The van der Waals surface area contributed by atoms with Crippen molar-refractivity contribution in [2.75, 3.05) is 26.8 Å². The number of amides is 1. The molecule has 7 heteroatoms. The van der Waals surface area contributed by atoms with E-state index in [1.165, 1.54) is 0 Å². The van der Waals surface area contributed by atoms with E-state index >= 15 is 0 Å². The van der Waals surface area contributed by atoms with Crippen molar-refractivity contribution in [3.63, 3.8) is 0 Å². The summed E-state index contributed by atoms with van der Waals surface area (Å²) in [4.78, 5) is 14.0. The first-order chi connectivity index (χ1) is 10.7. The van der Waals surface area contributed by atoms with Crippen LogP contribution in [0.25, 0.3) is 5.69 Å². The number of nitrogens with zero attached hydrogens (tertiary/aromatic N) is 3. The third-order valence-electron chi connectivity index (χ3n) is 3.67. The molecule has 124 valence electrons. The number of rotatable bonds is 4. The fraction of sp³-hybridized carbons (Fsp3) is 0.375. The van der Waals surface area contributed by atoms with Gasteiger partial charge in [0.25, 0.3) is 0 Å². The molecular formula is C16H21ClN4O2. The van der Waals surface area contributed by atoms with Gasteiger partial charge in [0.1, 0.15) is 6.04 Å². The van der Waals surface area contributed by atoms with Crippen LogP contribution < -0.4 is 5.32 Å². The molecule has 0 radical (unpaired) electrons. The molecule has 6 nitrogen and oxygen atoms in total. The van der Waals surface area contributed by atoms with Crippen LogP contribution in [0.15, 0.2) is 42.7 Å². The zero-order valence-electron chi connectivity index (χ0n) is 13.0. The van der Waals surface area contributed by atoms with Crippen LogP contribution in [0, 0.1) is 0 Å². The quantitative estimate of drug-likeness (QED) is 0.912. The maximum absolute atomic E-state index is 12.3. The lowest BCUT2D eigenvalue weighted by Crippen LogP contribution is -2.51. The van der Waals surface area contributed by atoms with E-state index < -0.39 is 0 Å². The summed E-state index contributed by atoms with van der Waals surface area (Å²) in [5.41, 5.74) is 2.00. The molecule has 1 aliphatic rings. The highest BCUT2D eigenvalue weighted by atomic mass is 35.5. The lowest BCUT2D eigenvalue weighted by Gasteiger charge is -2.27. The fourth-order valence-corrected chi connectivity index (χ4v) is 2.51. The van der Waals surface area contributed by atoms with Crippen molar-refractivity contribution in [2.45, 2.75) is 12.6 Å². The third-order valence-corrected chi connectivity index (χ3v) is 3.67. The summed E-state index contributed by atoms with van der Waals surface area (Å²) in [6.07, 6.45) is 3.74. The second-order valence-corrected chi connectivity index (χ2v) is 5.40. The molecule has 1 aliphatic heterocycles. The molecule has 1 fully saturated rings. The van der Waals surface area contributed by atoms with Gasteiger partial charge in [-0.25, -0.2) is 4.68 Å². The Hall–Kier alpha value is -1.89. The number of hydrogen-bond donors (Lipinski definition) is 1. The maximum Gasteiger partial charge on any atom is 0.242 e. The SMILES string of the molecule is CN(Cc1cnn(-c2ccccc2)c1)C(=O)C1COCCN1.Cl. The molecule has 0 saturated carbocycles. The molecule has 0 spiro atoms. The molecule has 2 aromatic rings. The van der Waals surface area contributed by atoms with Crippen molar-refractivity contribution in [3.05, 3.63) is 48.3 Å². The van der Waals surface area contributed by atoms with E-state index in [1.54, 1.807) is 18.1 Å². The number of likely N-dealkylation sites (N-methyl/N-ethyl adjacent to an activating group) is 1. The van der Waals surface area contributed by atoms with Gasteiger partial charge in [0, 0.05) is 31.9 Å². The Morgan fingerprint density at radius 2 is 2.22 bits per heavy atom. The van der Waals surface area contributed by atoms with Crippen molar-refractivity contribution >= 4 is 18.3 Å². The zero-order chi connectivity index (χ0) is 15.4. The average molecular weight is 337 g/mol. The third kappa shape index (κ3) is 4.31. The van der Waals surface area contributed by atoms with Gasteiger partial charge in [-0.1, -0.05) is 18.2 Å². The monoisotopic (exact) mass is 336 g/mol. The van der Waals surface area contributed by atoms with E-state index in [-0.39, 0.29) is 24.4 Å². The van der Waals surface area contributed by atoms with E-state index in [0.29, 0.717) is 19.8 Å². The number of carbonyl (C=O) groups excluding carboxylic acids is 1. The van der Waals surface area contributed by atoms with Gasteiger partial charge in [-0.05, 0) is 12.1 Å². The van der Waals surface area contributed by atoms with Crippen LogP contribution in [-0.4, -0.2) is 53.4 Å². The summed E-state index contributed by atoms with van der Waals surface area (Å²) in [5, 5.41) is 7.53. The van der Waals surface area contributed by atoms with Crippen LogP contribution in [0.3, 0.4) is 0 Å². The summed E-state index contributed by atoms with van der Waals surface area (Å²) in [6.45, 7) is 2.35. The van der Waals surface area contributed by atoms with Gasteiger partial charge in [-0.15, -0.1) is 12.4 Å². The topological polar surface area (TPSA) is 59.4 Å². The smallest absolute Gasteiger partial charge is 0.242 e. The van der Waals surface area contributed by atoms with Crippen LogP contribution in [-0.2, 0) is 16.1 Å². The Kier molecular flexibility index (Phi) is 6.15. The summed E-state index contributed by atoms with van der Waals surface area (Å²) < 4.78 is 7.15. The summed E-state index contributed by atoms with van der Waals surface area (Å²) in [5.74, 6) is 0.0483. The molecule has 1 unspecified atom stereocenters. The van der Waals surface area contributed by atoms with Crippen molar-refractivity contribution < 1.29 is 9.53 Å². The van der Waals surface area contributed by atoms with Gasteiger partial charge in [0.2, 0.25) is 5.91 Å². The highest BCUT2D eigenvalue weighted by Crippen LogP contribution is 2.10. The Balaban J connectivity index is 0.00000192. The molecule has 1 atom stereocenters. The number of aromatic nitrogens is 2. The number of morpholine rings is 1. The molecule has 0 bridgehead atoms. The van der Waals surface area contributed by atoms with Crippen LogP contribution in [0.4, 0.5) is 0 Å². The normalized spacial score (nSPS) is 17.3. The lowest BCUT2D eigenvalue weighted by atomic mass is 10.2. The van der Waals surface area contributed by atoms with E-state index in [9.17, 15) is 4.79 Å². The first-order valence-electron chi connectivity index (χ1n) is 7.39. The second kappa shape index (κ2) is 8.10. The van der Waals surface area contributed by atoms with Crippen LogP contribution in [0.5, 0.6) is 0 Å². The van der Waals surface area contributed by atoms with E-state index in [0.717, 1.165) is 17.8 Å². The van der Waals surface area contributed by atoms with Crippen LogP contribution in [0.2, 0.25) is 0 Å². The summed E-state index contributed by atoms with van der Waals surface area (Å²) >= 11 is 0. The lowest BCUT2D eigenvalue weighted by molar-refractivity contribution is -0.135. The summed E-state index contributed by atoms with van der Waals surface area (Å²) in [6, 6.07) is 9.66. The van der Waals surface area contributed by atoms with Gasteiger partial charge in [0.05, 0.1) is 25.1 Å². The Morgan fingerprint density at radius 3 is 2.91 bits per heavy atom. The molecule has 1 amide bonds. The van der Waals surface area contributed by atoms with Crippen LogP contribution in [0.1, 0.15) is 5.56 Å². The van der Waals surface area contributed by atoms with E-state index in [2.05, 4.69) is 10.4 Å². The predicted molar refractivity (Wildman–Crippen MR) is 89.9 cm³/mol. The van der Waals surface area contributed by atoms with Gasteiger partial charge >= 0.3 is 0 Å². The predicted octanol–water partition coefficient (Wildman–Crippen LogP) is 1.24. The molecule has 23 heavy (non-hydrogen) atoms. The van der Waals surface area contributed by atoms with Crippen LogP contribution >= 0.6 is 12.4 Å². The molecular weight excluding hydrogens is 316 g/mol. The minimum Gasteiger partial charge on any atom is -0.378 e. The standard InChI is InChI=1S/C16H20N4O2.ClH/c1-19(16(21)15-12-22-8-7-17-15)10-13-9-18-20(11-13)14-5-3-2-4-6-14;/h2-6,9,11,15,17H,7-8,10,12H2,1H3;1H. The number of para-hydroxylation sites is 1. The number of benzene rings is 1. The highest BCUT2D eigenvalue weighted by molar-refractivity contribution is 5.85. The van der Waals surface area contributed by atoms with Crippen molar-refractivity contribution in [1.29, 1.82) is 0 Å². The molecule has 3 rings (SSSR count). The first kappa shape index (κ1) is 17.5. The average Bonchev–Trinajstić information content (AvgIpc) is 3.04. The number of hydrogen-bond acceptors (Lipinski definition) is 4. The summed E-state index contributed by atoms with van der Waals surface area (Å²) in [7, 11) is 1.80. The van der Waals surface area contributed by atoms with E-state index in [1.807, 2.05) is 41.2 Å². The number of halogens is 1. The molecule has 0 aliphatic carbocycles. The highest BCUT2D eigenvalue weighted by Gasteiger charge is 2.24. The number of ether oxygens (including phenoxy) is 1. The van der Waals surface area contributed by atoms with Gasteiger partial charge in [-0.2, -0.15) is 5.10 Å². The largest absolute Gasteiger partial charge is 0.378 e. The van der Waals surface area contributed by atoms with E-state index in [4.69, 9.17) is 4.74 Å². The first-order valence-corrected chi connectivity index (χ1v) is 7.39. The fourth-order valence-electron chi connectivity index (χ4n) is 2.51. The van der Waals surface area contributed by atoms with Gasteiger partial charge in [-0.3, -0.25) is 4.79 Å². The number of nitrogens with one attached hydrogen (secondary N) is 1. The molecule has 1 aromatic heterocycles.